The summed E-state index contributed by atoms with van der Waals surface area (Å²) in [5.41, 5.74) is 3.71. The maximum atomic E-state index is 13.0. The standard InChI is InChI=1S/C21H21N3O4/c1-13-17(14(2)28-23-13)11-22-20(25)18-10-15-6-3-4-7-16(15)12-24(18)21(26)19-8-5-9-27-19/h3-9,18H,10-12H2,1-2H3,(H,22,25)/t18-/m1/s1. The van der Waals surface area contributed by atoms with E-state index in [4.69, 9.17) is 8.94 Å². The number of nitrogens with zero attached hydrogens (tertiary/aromatic N) is 2. The van der Waals surface area contributed by atoms with Crippen LogP contribution in [0.25, 0.3) is 0 Å². The van der Waals surface area contributed by atoms with E-state index in [9.17, 15) is 9.59 Å². The Morgan fingerprint density at radius 3 is 2.64 bits per heavy atom. The second kappa shape index (κ2) is 7.34. The zero-order valence-electron chi connectivity index (χ0n) is 15.8. The van der Waals surface area contributed by atoms with Gasteiger partial charge in [0.25, 0.3) is 5.91 Å². The van der Waals surface area contributed by atoms with E-state index in [0.29, 0.717) is 25.3 Å². The molecule has 1 N–H and O–H groups in total. The molecule has 7 nitrogen and oxygen atoms in total. The number of carbonyl (C=O) groups excluding carboxylic acids is 2. The molecule has 4 rings (SSSR count). The van der Waals surface area contributed by atoms with Crippen LogP contribution in [-0.2, 0) is 24.3 Å². The lowest BCUT2D eigenvalue weighted by atomic mass is 9.93. The summed E-state index contributed by atoms with van der Waals surface area (Å²) < 4.78 is 10.4. The van der Waals surface area contributed by atoms with Crippen molar-refractivity contribution in [3.05, 3.63) is 76.6 Å². The number of amides is 2. The van der Waals surface area contributed by atoms with E-state index < -0.39 is 6.04 Å². The fourth-order valence-corrected chi connectivity index (χ4v) is 3.56. The zero-order chi connectivity index (χ0) is 19.7. The number of benzene rings is 1. The van der Waals surface area contributed by atoms with Gasteiger partial charge in [0, 0.05) is 25.1 Å². The van der Waals surface area contributed by atoms with Gasteiger partial charge >= 0.3 is 0 Å². The number of fused-ring (bicyclic) bond motifs is 1. The third kappa shape index (κ3) is 3.31. The van der Waals surface area contributed by atoms with Crippen LogP contribution in [0, 0.1) is 13.8 Å². The summed E-state index contributed by atoms with van der Waals surface area (Å²) in [5.74, 6) is 0.393. The number of hydrogen-bond donors (Lipinski definition) is 1. The largest absolute Gasteiger partial charge is 0.459 e. The Morgan fingerprint density at radius 2 is 1.96 bits per heavy atom. The number of furan rings is 1. The predicted molar refractivity (Wildman–Crippen MR) is 100 cm³/mol. The van der Waals surface area contributed by atoms with Crippen LogP contribution in [0.5, 0.6) is 0 Å². The van der Waals surface area contributed by atoms with Gasteiger partial charge < -0.3 is 19.2 Å². The minimum Gasteiger partial charge on any atom is -0.459 e. The first-order valence-electron chi connectivity index (χ1n) is 9.15. The number of hydrogen-bond acceptors (Lipinski definition) is 5. The molecule has 2 amide bonds. The SMILES string of the molecule is Cc1noc(C)c1CNC(=O)[C@H]1Cc2ccccc2CN1C(=O)c1ccco1. The molecule has 0 saturated carbocycles. The third-order valence-electron chi connectivity index (χ3n) is 5.16. The summed E-state index contributed by atoms with van der Waals surface area (Å²) in [6.07, 6.45) is 1.91. The molecule has 3 heterocycles. The van der Waals surface area contributed by atoms with Crippen LogP contribution in [-0.4, -0.2) is 27.9 Å². The molecule has 1 aromatic carbocycles. The monoisotopic (exact) mass is 379 g/mol. The van der Waals surface area contributed by atoms with Gasteiger partial charge in [-0.2, -0.15) is 0 Å². The molecule has 1 atom stereocenters. The highest BCUT2D eigenvalue weighted by molar-refractivity contribution is 5.96. The van der Waals surface area contributed by atoms with Gasteiger partial charge in [-0.3, -0.25) is 9.59 Å². The third-order valence-corrected chi connectivity index (χ3v) is 5.16. The first-order valence-corrected chi connectivity index (χ1v) is 9.15. The lowest BCUT2D eigenvalue weighted by Crippen LogP contribution is -2.52. The van der Waals surface area contributed by atoms with Crippen molar-refractivity contribution >= 4 is 11.8 Å². The van der Waals surface area contributed by atoms with Gasteiger partial charge in [0.2, 0.25) is 5.91 Å². The molecular formula is C21H21N3O4. The van der Waals surface area contributed by atoms with Crippen molar-refractivity contribution in [1.29, 1.82) is 0 Å². The second-order valence-corrected chi connectivity index (χ2v) is 6.92. The molecule has 0 aliphatic carbocycles. The molecule has 0 saturated heterocycles. The fourth-order valence-electron chi connectivity index (χ4n) is 3.56. The van der Waals surface area contributed by atoms with E-state index in [2.05, 4.69) is 10.5 Å². The first kappa shape index (κ1) is 18.0. The molecule has 0 spiro atoms. The Balaban J connectivity index is 1.58. The summed E-state index contributed by atoms with van der Waals surface area (Å²) >= 11 is 0. The lowest BCUT2D eigenvalue weighted by molar-refractivity contribution is -0.126. The fraction of sp³-hybridized carbons (Fsp3) is 0.286. The van der Waals surface area contributed by atoms with E-state index in [-0.39, 0.29) is 17.6 Å². The van der Waals surface area contributed by atoms with Gasteiger partial charge in [-0.25, -0.2) is 0 Å². The smallest absolute Gasteiger partial charge is 0.290 e. The normalized spacial score (nSPS) is 15.9. The van der Waals surface area contributed by atoms with Gasteiger partial charge in [-0.15, -0.1) is 0 Å². The molecule has 1 aliphatic heterocycles. The molecule has 7 heteroatoms. The second-order valence-electron chi connectivity index (χ2n) is 6.92. The van der Waals surface area contributed by atoms with Crippen LogP contribution in [0.15, 0.2) is 51.6 Å². The van der Waals surface area contributed by atoms with Crippen molar-refractivity contribution in [2.24, 2.45) is 0 Å². The average molecular weight is 379 g/mol. The average Bonchev–Trinajstić information content (AvgIpc) is 3.35. The van der Waals surface area contributed by atoms with Crippen molar-refractivity contribution in [2.45, 2.75) is 39.4 Å². The summed E-state index contributed by atoms with van der Waals surface area (Å²) in [4.78, 5) is 27.6. The summed E-state index contributed by atoms with van der Waals surface area (Å²) in [7, 11) is 0. The zero-order valence-corrected chi connectivity index (χ0v) is 15.8. The van der Waals surface area contributed by atoms with E-state index in [1.807, 2.05) is 38.1 Å². The van der Waals surface area contributed by atoms with Crippen LogP contribution >= 0.6 is 0 Å². The van der Waals surface area contributed by atoms with Crippen molar-refractivity contribution in [2.75, 3.05) is 0 Å². The van der Waals surface area contributed by atoms with Gasteiger partial charge in [0.05, 0.1) is 12.0 Å². The summed E-state index contributed by atoms with van der Waals surface area (Å²) in [5, 5.41) is 6.84. The van der Waals surface area contributed by atoms with E-state index in [1.165, 1.54) is 6.26 Å². The molecule has 0 bridgehead atoms. The molecular weight excluding hydrogens is 358 g/mol. The highest BCUT2D eigenvalue weighted by atomic mass is 16.5. The number of rotatable bonds is 4. The lowest BCUT2D eigenvalue weighted by Gasteiger charge is -2.35. The van der Waals surface area contributed by atoms with Crippen LogP contribution in [0.2, 0.25) is 0 Å². The molecule has 0 unspecified atom stereocenters. The Morgan fingerprint density at radius 1 is 1.18 bits per heavy atom. The Bertz CT molecular complexity index is 987. The maximum absolute atomic E-state index is 13.0. The molecule has 0 radical (unpaired) electrons. The molecule has 3 aromatic rings. The quantitative estimate of drug-likeness (QED) is 0.753. The maximum Gasteiger partial charge on any atom is 0.290 e. The Labute approximate surface area is 162 Å². The highest BCUT2D eigenvalue weighted by Crippen LogP contribution is 2.25. The van der Waals surface area contributed by atoms with Gasteiger partial charge in [0.15, 0.2) is 5.76 Å². The molecule has 1 aliphatic rings. The van der Waals surface area contributed by atoms with Crippen molar-refractivity contribution in [3.8, 4) is 0 Å². The summed E-state index contributed by atoms with van der Waals surface area (Å²) in [6.45, 7) is 4.31. The predicted octanol–water partition coefficient (Wildman–Crippen LogP) is 2.77. The van der Waals surface area contributed by atoms with E-state index >= 15 is 0 Å². The minimum atomic E-state index is -0.618. The van der Waals surface area contributed by atoms with Gasteiger partial charge in [0.1, 0.15) is 11.8 Å². The first-order chi connectivity index (χ1) is 13.5. The van der Waals surface area contributed by atoms with Crippen molar-refractivity contribution in [1.82, 2.24) is 15.4 Å². The van der Waals surface area contributed by atoms with E-state index in [0.717, 1.165) is 22.4 Å². The number of aryl methyl sites for hydroxylation is 2. The molecule has 144 valence electrons. The summed E-state index contributed by atoms with van der Waals surface area (Å²) in [6, 6.07) is 10.5. The molecule has 2 aromatic heterocycles. The van der Waals surface area contributed by atoms with Crippen LogP contribution in [0.3, 0.4) is 0 Å². The van der Waals surface area contributed by atoms with Crippen molar-refractivity contribution < 1.29 is 18.5 Å². The van der Waals surface area contributed by atoms with E-state index in [1.54, 1.807) is 17.0 Å². The Hall–Kier alpha value is -3.35. The van der Waals surface area contributed by atoms with Crippen LogP contribution in [0.1, 0.15) is 38.7 Å². The van der Waals surface area contributed by atoms with Gasteiger partial charge in [-0.05, 0) is 37.1 Å². The van der Waals surface area contributed by atoms with Crippen LogP contribution < -0.4 is 5.32 Å². The topological polar surface area (TPSA) is 88.6 Å². The van der Waals surface area contributed by atoms with Crippen LogP contribution in [0.4, 0.5) is 0 Å². The number of aromatic nitrogens is 1. The Kier molecular flexibility index (Phi) is 4.73. The number of carbonyl (C=O) groups is 2. The van der Waals surface area contributed by atoms with Gasteiger partial charge in [-0.1, -0.05) is 29.4 Å². The highest BCUT2D eigenvalue weighted by Gasteiger charge is 2.36. The minimum absolute atomic E-state index is 0.214. The van der Waals surface area contributed by atoms with Crippen molar-refractivity contribution in [3.63, 3.8) is 0 Å². The number of nitrogens with one attached hydrogen (secondary N) is 1. The molecule has 28 heavy (non-hydrogen) atoms. The molecule has 0 fully saturated rings.